The maximum Gasteiger partial charge on any atom is 0.0412 e. The Labute approximate surface area is 111 Å². The summed E-state index contributed by atoms with van der Waals surface area (Å²) in [7, 11) is 0. The highest BCUT2D eigenvalue weighted by Crippen LogP contribution is 2.48. The molecule has 0 amide bonds. The summed E-state index contributed by atoms with van der Waals surface area (Å²) in [6.45, 7) is 4.37. The van der Waals surface area contributed by atoms with Crippen LogP contribution in [-0.2, 0) is 5.54 Å². The maximum absolute atomic E-state index is 6.76. The van der Waals surface area contributed by atoms with Crippen LogP contribution in [-0.4, -0.2) is 0 Å². The molecule has 2 aliphatic carbocycles. The third-order valence-corrected chi connectivity index (χ3v) is 5.19. The summed E-state index contributed by atoms with van der Waals surface area (Å²) < 4.78 is 0. The van der Waals surface area contributed by atoms with E-state index >= 15 is 0 Å². The predicted molar refractivity (Wildman–Crippen MR) is 76.5 cm³/mol. The van der Waals surface area contributed by atoms with Crippen molar-refractivity contribution < 1.29 is 0 Å². The van der Waals surface area contributed by atoms with Gasteiger partial charge in [0.05, 0.1) is 0 Å². The van der Waals surface area contributed by atoms with Crippen LogP contribution in [0.25, 0.3) is 0 Å². The summed E-state index contributed by atoms with van der Waals surface area (Å²) in [5.41, 5.74) is 10.8. The lowest BCUT2D eigenvalue weighted by molar-refractivity contribution is 0.206. The molecular weight excluding hydrogens is 218 g/mol. The van der Waals surface area contributed by atoms with Crippen molar-refractivity contribution in [1.82, 2.24) is 0 Å². The van der Waals surface area contributed by atoms with Gasteiger partial charge in [-0.3, -0.25) is 0 Å². The Kier molecular flexibility index (Phi) is 2.97. The van der Waals surface area contributed by atoms with Crippen LogP contribution in [0.15, 0.2) is 18.2 Å². The topological polar surface area (TPSA) is 26.0 Å². The average Bonchev–Trinajstić information content (AvgIpc) is 3.17. The first-order valence-corrected chi connectivity index (χ1v) is 7.45. The normalized spacial score (nSPS) is 32.5. The van der Waals surface area contributed by atoms with Gasteiger partial charge < -0.3 is 5.73 Å². The number of hydrogen-bond donors (Lipinski definition) is 1. The largest absolute Gasteiger partial charge is 0.321 e. The zero-order chi connectivity index (χ0) is 12.8. The Balaban J connectivity index is 1.85. The van der Waals surface area contributed by atoms with Gasteiger partial charge >= 0.3 is 0 Å². The lowest BCUT2D eigenvalue weighted by atomic mass is 9.71. The van der Waals surface area contributed by atoms with Crippen molar-refractivity contribution in [3.05, 3.63) is 34.9 Å². The third-order valence-electron chi connectivity index (χ3n) is 5.19. The zero-order valence-electron chi connectivity index (χ0n) is 11.7. The first-order chi connectivity index (χ1) is 8.58. The summed E-state index contributed by atoms with van der Waals surface area (Å²) >= 11 is 0. The minimum atomic E-state index is -0.0516. The first-order valence-electron chi connectivity index (χ1n) is 7.45. The van der Waals surface area contributed by atoms with Crippen LogP contribution >= 0.6 is 0 Å². The Morgan fingerprint density at radius 3 is 2.50 bits per heavy atom. The molecule has 0 spiro atoms. The Bertz CT molecular complexity index is 447. The molecule has 0 bridgehead atoms. The van der Waals surface area contributed by atoms with Crippen LogP contribution in [0.2, 0.25) is 0 Å². The molecule has 0 radical (unpaired) electrons. The van der Waals surface area contributed by atoms with Gasteiger partial charge in [0.15, 0.2) is 0 Å². The van der Waals surface area contributed by atoms with Crippen LogP contribution in [0, 0.1) is 25.7 Å². The van der Waals surface area contributed by atoms with E-state index in [1.54, 1.807) is 0 Å². The fourth-order valence-electron chi connectivity index (χ4n) is 3.63. The molecule has 1 nitrogen and oxygen atoms in total. The highest BCUT2D eigenvalue weighted by molar-refractivity contribution is 5.34. The average molecular weight is 243 g/mol. The highest BCUT2D eigenvalue weighted by Gasteiger charge is 2.40. The minimum absolute atomic E-state index is 0.0516. The smallest absolute Gasteiger partial charge is 0.0412 e. The van der Waals surface area contributed by atoms with Gasteiger partial charge in [0.2, 0.25) is 0 Å². The van der Waals surface area contributed by atoms with Crippen molar-refractivity contribution in [2.24, 2.45) is 17.6 Å². The van der Waals surface area contributed by atoms with Crippen LogP contribution in [0.5, 0.6) is 0 Å². The summed E-state index contributed by atoms with van der Waals surface area (Å²) in [6.07, 6.45) is 8.00. The molecule has 2 saturated carbocycles. The van der Waals surface area contributed by atoms with Gasteiger partial charge in [0.25, 0.3) is 0 Å². The van der Waals surface area contributed by atoms with E-state index in [0.29, 0.717) is 0 Å². The first kappa shape index (κ1) is 12.2. The predicted octanol–water partition coefficient (Wildman–Crippen LogP) is 4.06. The van der Waals surface area contributed by atoms with Gasteiger partial charge in [0, 0.05) is 5.54 Å². The Morgan fingerprint density at radius 2 is 1.83 bits per heavy atom. The molecule has 98 valence electrons. The summed E-state index contributed by atoms with van der Waals surface area (Å²) in [5, 5.41) is 0. The standard InChI is InChI=1S/C17H25N/c1-12-5-8-16(10-13(12)2)17(18)9-3-4-15(11-17)14-6-7-14/h5,8,10,14-15H,3-4,6-7,9,11,18H2,1-2H3. The Hall–Kier alpha value is -0.820. The molecule has 2 fully saturated rings. The lowest BCUT2D eigenvalue weighted by Crippen LogP contribution is -2.42. The molecule has 2 atom stereocenters. The van der Waals surface area contributed by atoms with E-state index in [1.165, 1.54) is 55.2 Å². The molecule has 1 aromatic rings. The van der Waals surface area contributed by atoms with Gasteiger partial charge in [-0.15, -0.1) is 0 Å². The summed E-state index contributed by atoms with van der Waals surface area (Å²) in [4.78, 5) is 0. The van der Waals surface area contributed by atoms with Crippen molar-refractivity contribution in [1.29, 1.82) is 0 Å². The van der Waals surface area contributed by atoms with Crippen molar-refractivity contribution in [2.45, 2.75) is 57.9 Å². The van der Waals surface area contributed by atoms with E-state index in [0.717, 1.165) is 11.8 Å². The van der Waals surface area contributed by atoms with Crippen molar-refractivity contribution >= 4 is 0 Å². The second-order valence-electron chi connectivity index (χ2n) is 6.65. The number of hydrogen-bond acceptors (Lipinski definition) is 1. The zero-order valence-corrected chi connectivity index (χ0v) is 11.7. The maximum atomic E-state index is 6.76. The van der Waals surface area contributed by atoms with E-state index in [4.69, 9.17) is 5.73 Å². The van der Waals surface area contributed by atoms with Crippen LogP contribution in [0.4, 0.5) is 0 Å². The molecule has 0 aromatic heterocycles. The molecule has 2 aliphatic rings. The molecule has 2 N–H and O–H groups in total. The van der Waals surface area contributed by atoms with E-state index in [2.05, 4.69) is 32.0 Å². The van der Waals surface area contributed by atoms with Gasteiger partial charge in [0.1, 0.15) is 0 Å². The van der Waals surface area contributed by atoms with Crippen molar-refractivity contribution in [3.63, 3.8) is 0 Å². The molecule has 0 saturated heterocycles. The van der Waals surface area contributed by atoms with Gasteiger partial charge in [-0.2, -0.15) is 0 Å². The summed E-state index contributed by atoms with van der Waals surface area (Å²) in [5.74, 6) is 1.89. The number of nitrogens with two attached hydrogens (primary N) is 1. The second-order valence-corrected chi connectivity index (χ2v) is 6.65. The van der Waals surface area contributed by atoms with Crippen LogP contribution < -0.4 is 5.73 Å². The van der Waals surface area contributed by atoms with Gasteiger partial charge in [-0.1, -0.05) is 31.0 Å². The molecule has 1 aromatic carbocycles. The number of rotatable bonds is 2. The lowest BCUT2D eigenvalue weighted by Gasteiger charge is -2.39. The third kappa shape index (κ3) is 2.21. The van der Waals surface area contributed by atoms with E-state index < -0.39 is 0 Å². The fourth-order valence-corrected chi connectivity index (χ4v) is 3.63. The molecule has 2 unspecified atom stereocenters. The fraction of sp³-hybridized carbons (Fsp3) is 0.647. The number of aryl methyl sites for hydroxylation is 2. The van der Waals surface area contributed by atoms with Crippen molar-refractivity contribution in [2.75, 3.05) is 0 Å². The Morgan fingerprint density at radius 1 is 1.06 bits per heavy atom. The van der Waals surface area contributed by atoms with Crippen molar-refractivity contribution in [3.8, 4) is 0 Å². The molecule has 0 heterocycles. The molecule has 18 heavy (non-hydrogen) atoms. The van der Waals surface area contributed by atoms with Crippen LogP contribution in [0.1, 0.15) is 55.2 Å². The van der Waals surface area contributed by atoms with E-state index in [9.17, 15) is 0 Å². The molecule has 3 rings (SSSR count). The van der Waals surface area contributed by atoms with E-state index in [-0.39, 0.29) is 5.54 Å². The monoisotopic (exact) mass is 243 g/mol. The van der Waals surface area contributed by atoms with Gasteiger partial charge in [-0.25, -0.2) is 0 Å². The molecule has 1 heteroatoms. The summed E-state index contributed by atoms with van der Waals surface area (Å²) in [6, 6.07) is 6.82. The van der Waals surface area contributed by atoms with E-state index in [1.807, 2.05) is 0 Å². The minimum Gasteiger partial charge on any atom is -0.321 e. The molecule has 0 aliphatic heterocycles. The van der Waals surface area contributed by atoms with Gasteiger partial charge in [-0.05, 0) is 68.1 Å². The van der Waals surface area contributed by atoms with Crippen LogP contribution in [0.3, 0.4) is 0 Å². The SMILES string of the molecule is Cc1ccc(C2(N)CCCC(C3CC3)C2)cc1C. The second kappa shape index (κ2) is 4.38. The quantitative estimate of drug-likeness (QED) is 0.833. The molecular formula is C17H25N. The number of benzene rings is 1. The highest BCUT2D eigenvalue weighted by atomic mass is 14.8.